The molecule has 3 nitrogen and oxygen atoms in total. The van der Waals surface area contributed by atoms with Gasteiger partial charge in [0.05, 0.1) is 0 Å². The molecule has 148 valence electrons. The lowest BCUT2D eigenvalue weighted by Gasteiger charge is -2.20. The number of benzene rings is 2. The minimum Gasteiger partial charge on any atom is -0.372 e. The van der Waals surface area contributed by atoms with Crippen LogP contribution in [0.15, 0.2) is 60.7 Å². The minimum absolute atomic E-state index is 0.0133. The van der Waals surface area contributed by atoms with E-state index in [1.54, 1.807) is 12.2 Å². The van der Waals surface area contributed by atoms with Gasteiger partial charge in [0.2, 0.25) is 0 Å². The minimum atomic E-state index is -0.0133. The topological polar surface area (TPSA) is 23.6 Å². The predicted molar refractivity (Wildman–Crippen MR) is 123 cm³/mol. The molecule has 0 aromatic heterocycles. The third kappa shape index (κ3) is 6.12. The Labute approximate surface area is 170 Å². The van der Waals surface area contributed by atoms with E-state index in [9.17, 15) is 4.79 Å². The average molecular weight is 377 g/mol. The molecule has 0 saturated heterocycles. The second-order valence-electron chi connectivity index (χ2n) is 6.60. The average Bonchev–Trinajstić information content (AvgIpc) is 2.74. The van der Waals surface area contributed by atoms with Crippen molar-refractivity contribution in [3.05, 3.63) is 71.8 Å². The van der Waals surface area contributed by atoms with Gasteiger partial charge >= 0.3 is 0 Å². The Bertz CT molecular complexity index is 713. The molecule has 0 bridgehead atoms. The van der Waals surface area contributed by atoms with Crippen LogP contribution in [0.25, 0.3) is 12.2 Å². The first kappa shape index (κ1) is 21.5. The zero-order valence-electron chi connectivity index (χ0n) is 17.6. The van der Waals surface area contributed by atoms with Gasteiger partial charge in [0, 0.05) is 37.6 Å². The van der Waals surface area contributed by atoms with E-state index in [0.29, 0.717) is 0 Å². The van der Waals surface area contributed by atoms with Crippen LogP contribution in [0.1, 0.15) is 38.8 Å². The number of hydrogen-bond donors (Lipinski definition) is 0. The second kappa shape index (κ2) is 11.1. The maximum Gasteiger partial charge on any atom is 0.178 e. The molecule has 2 aromatic rings. The third-order valence-electron chi connectivity index (χ3n) is 4.92. The number of anilines is 2. The summed E-state index contributed by atoms with van der Waals surface area (Å²) in [7, 11) is 0. The predicted octanol–water partition coefficient (Wildman–Crippen LogP) is 5.67. The number of carbonyl (C=O) groups is 1. The van der Waals surface area contributed by atoms with Crippen molar-refractivity contribution in [3.63, 3.8) is 0 Å². The molecule has 0 N–H and O–H groups in total. The van der Waals surface area contributed by atoms with Gasteiger partial charge in [-0.2, -0.15) is 0 Å². The van der Waals surface area contributed by atoms with Crippen LogP contribution in [0.3, 0.4) is 0 Å². The number of rotatable bonds is 10. The molecule has 0 fully saturated rings. The van der Waals surface area contributed by atoms with Crippen molar-refractivity contribution >= 4 is 29.3 Å². The zero-order chi connectivity index (χ0) is 20.4. The summed E-state index contributed by atoms with van der Waals surface area (Å²) in [6, 6.07) is 16.6. The van der Waals surface area contributed by atoms with Gasteiger partial charge < -0.3 is 9.80 Å². The Morgan fingerprint density at radius 3 is 1.25 bits per heavy atom. The molecule has 2 rings (SSSR count). The van der Waals surface area contributed by atoms with Crippen LogP contribution < -0.4 is 9.80 Å². The maximum atomic E-state index is 12.1. The van der Waals surface area contributed by atoms with Crippen LogP contribution in [0, 0.1) is 0 Å². The highest BCUT2D eigenvalue weighted by molar-refractivity contribution is 6.04. The van der Waals surface area contributed by atoms with Gasteiger partial charge in [-0.15, -0.1) is 0 Å². The van der Waals surface area contributed by atoms with E-state index in [1.807, 2.05) is 36.4 Å². The zero-order valence-corrected chi connectivity index (χ0v) is 17.6. The molecule has 0 aliphatic carbocycles. The van der Waals surface area contributed by atoms with E-state index >= 15 is 0 Å². The van der Waals surface area contributed by atoms with Gasteiger partial charge in [-0.3, -0.25) is 4.79 Å². The quantitative estimate of drug-likeness (QED) is 0.499. The summed E-state index contributed by atoms with van der Waals surface area (Å²) < 4.78 is 0. The van der Waals surface area contributed by atoms with Crippen LogP contribution in [-0.2, 0) is 4.79 Å². The van der Waals surface area contributed by atoms with Gasteiger partial charge in [-0.1, -0.05) is 36.4 Å². The number of ketones is 1. The van der Waals surface area contributed by atoms with Crippen molar-refractivity contribution in [2.24, 2.45) is 0 Å². The lowest BCUT2D eigenvalue weighted by molar-refractivity contribution is -0.110. The molecule has 0 amide bonds. The Balaban J connectivity index is 1.95. The molecule has 0 unspecified atom stereocenters. The van der Waals surface area contributed by atoms with Crippen LogP contribution in [0.5, 0.6) is 0 Å². The van der Waals surface area contributed by atoms with Gasteiger partial charge in [0.25, 0.3) is 0 Å². The van der Waals surface area contributed by atoms with Gasteiger partial charge in [0.15, 0.2) is 5.78 Å². The van der Waals surface area contributed by atoms with Gasteiger partial charge in [0.1, 0.15) is 0 Å². The smallest absolute Gasteiger partial charge is 0.178 e. The summed E-state index contributed by atoms with van der Waals surface area (Å²) >= 11 is 0. The van der Waals surface area contributed by atoms with Crippen LogP contribution in [0.4, 0.5) is 11.4 Å². The molecule has 28 heavy (non-hydrogen) atoms. The number of allylic oxidation sites excluding steroid dienone is 2. The number of hydrogen-bond acceptors (Lipinski definition) is 3. The first-order valence-electron chi connectivity index (χ1n) is 10.2. The number of carbonyl (C=O) groups excluding carboxylic acids is 1. The molecule has 2 aromatic carbocycles. The Kier molecular flexibility index (Phi) is 8.54. The first-order chi connectivity index (χ1) is 13.6. The van der Waals surface area contributed by atoms with Crippen molar-refractivity contribution in [2.45, 2.75) is 27.7 Å². The highest BCUT2D eigenvalue weighted by Crippen LogP contribution is 2.17. The van der Waals surface area contributed by atoms with E-state index < -0.39 is 0 Å². The molecule has 0 radical (unpaired) electrons. The van der Waals surface area contributed by atoms with Crippen molar-refractivity contribution in [2.75, 3.05) is 36.0 Å². The maximum absolute atomic E-state index is 12.1. The lowest BCUT2D eigenvalue weighted by Crippen LogP contribution is -2.21. The fourth-order valence-electron chi connectivity index (χ4n) is 3.18. The van der Waals surface area contributed by atoms with Crippen molar-refractivity contribution in [1.82, 2.24) is 0 Å². The monoisotopic (exact) mass is 376 g/mol. The molecule has 0 saturated carbocycles. The van der Waals surface area contributed by atoms with Crippen LogP contribution >= 0.6 is 0 Å². The number of nitrogens with zero attached hydrogens (tertiary/aromatic N) is 2. The summed E-state index contributed by atoms with van der Waals surface area (Å²) in [6.07, 6.45) is 6.96. The molecule has 0 atom stereocenters. The van der Waals surface area contributed by atoms with E-state index in [-0.39, 0.29) is 5.78 Å². The highest BCUT2D eigenvalue weighted by Gasteiger charge is 2.01. The molecule has 0 heterocycles. The molecule has 0 aliphatic rings. The van der Waals surface area contributed by atoms with Gasteiger partial charge in [-0.25, -0.2) is 0 Å². The van der Waals surface area contributed by atoms with Crippen LogP contribution in [0.2, 0.25) is 0 Å². The summed E-state index contributed by atoms with van der Waals surface area (Å²) in [6.45, 7) is 12.6. The Morgan fingerprint density at radius 1 is 0.643 bits per heavy atom. The van der Waals surface area contributed by atoms with Crippen molar-refractivity contribution < 1.29 is 4.79 Å². The molecule has 0 aliphatic heterocycles. The normalized spacial score (nSPS) is 11.3. The van der Waals surface area contributed by atoms with E-state index in [0.717, 1.165) is 37.3 Å². The fourth-order valence-corrected chi connectivity index (χ4v) is 3.18. The Hall–Kier alpha value is -2.81. The second-order valence-corrected chi connectivity index (χ2v) is 6.60. The third-order valence-corrected chi connectivity index (χ3v) is 4.92. The van der Waals surface area contributed by atoms with Crippen LogP contribution in [-0.4, -0.2) is 32.0 Å². The standard InChI is InChI=1S/C25H32N2O/c1-5-26(6-2)23-15-9-21(10-16-23)13-19-25(28)20-14-22-11-17-24(18-12-22)27(7-3)8-4/h9-20H,5-8H2,1-4H3/b19-13-,20-14-. The van der Waals surface area contributed by atoms with E-state index in [2.05, 4.69) is 61.8 Å². The highest BCUT2D eigenvalue weighted by atomic mass is 16.1. The molecular weight excluding hydrogens is 344 g/mol. The summed E-state index contributed by atoms with van der Waals surface area (Å²) in [5.74, 6) is -0.0133. The fraction of sp³-hybridized carbons (Fsp3) is 0.320. The van der Waals surface area contributed by atoms with E-state index in [4.69, 9.17) is 0 Å². The van der Waals surface area contributed by atoms with Crippen molar-refractivity contribution in [1.29, 1.82) is 0 Å². The van der Waals surface area contributed by atoms with E-state index in [1.165, 1.54) is 11.4 Å². The SMILES string of the molecule is CCN(CC)c1ccc(/C=C\C(=O)/C=C\c2ccc(N(CC)CC)cc2)cc1. The Morgan fingerprint density at radius 2 is 0.964 bits per heavy atom. The van der Waals surface area contributed by atoms with Gasteiger partial charge in [-0.05, 0) is 75.2 Å². The lowest BCUT2D eigenvalue weighted by atomic mass is 10.1. The molecule has 3 heteroatoms. The summed E-state index contributed by atoms with van der Waals surface area (Å²) in [4.78, 5) is 16.7. The molecule has 0 spiro atoms. The summed E-state index contributed by atoms with van der Waals surface area (Å²) in [5.41, 5.74) is 4.48. The molecular formula is C25H32N2O. The first-order valence-corrected chi connectivity index (χ1v) is 10.2. The largest absolute Gasteiger partial charge is 0.372 e. The van der Waals surface area contributed by atoms with Crippen molar-refractivity contribution in [3.8, 4) is 0 Å². The summed E-state index contributed by atoms with van der Waals surface area (Å²) in [5, 5.41) is 0.